The molecule has 102 valence electrons. The summed E-state index contributed by atoms with van der Waals surface area (Å²) in [6.07, 6.45) is 5.99. The maximum absolute atomic E-state index is 11.4. The number of allylic oxidation sites excluding steroid dienone is 1. The summed E-state index contributed by atoms with van der Waals surface area (Å²) >= 11 is 0. The minimum absolute atomic E-state index is 0.138. The third-order valence-electron chi connectivity index (χ3n) is 3.08. The van der Waals surface area contributed by atoms with Gasteiger partial charge in [-0.05, 0) is 44.4 Å². The maximum Gasteiger partial charge on any atom is 0.419 e. The average molecular weight is 260 g/mol. The van der Waals surface area contributed by atoms with E-state index in [1.807, 2.05) is 38.1 Å². The van der Waals surface area contributed by atoms with E-state index in [2.05, 4.69) is 6.08 Å². The quantitative estimate of drug-likeness (QED) is 0.919. The second kappa shape index (κ2) is 5.05. The third-order valence-corrected chi connectivity index (χ3v) is 3.08. The Balaban J connectivity index is 2.14. The lowest BCUT2D eigenvalue weighted by atomic mass is 10.00. The second-order valence-corrected chi connectivity index (χ2v) is 5.58. The topological polar surface area (TPSA) is 61.2 Å². The minimum Gasteiger partial charge on any atom is -0.408 e. The molecule has 0 spiro atoms. The molecule has 0 saturated carbocycles. The van der Waals surface area contributed by atoms with Gasteiger partial charge in [0.1, 0.15) is 0 Å². The van der Waals surface area contributed by atoms with Gasteiger partial charge in [-0.2, -0.15) is 0 Å². The molecule has 0 bridgehead atoms. The van der Waals surface area contributed by atoms with E-state index in [0.717, 1.165) is 23.9 Å². The van der Waals surface area contributed by atoms with Gasteiger partial charge in [-0.3, -0.25) is 4.57 Å². The summed E-state index contributed by atoms with van der Waals surface area (Å²) < 4.78 is 6.65. The molecule has 0 fully saturated rings. The molecule has 0 radical (unpaired) electrons. The highest BCUT2D eigenvalue weighted by atomic mass is 16.4. The van der Waals surface area contributed by atoms with Crippen LogP contribution in [-0.2, 0) is 7.05 Å². The van der Waals surface area contributed by atoms with Gasteiger partial charge in [0.05, 0.1) is 5.52 Å². The van der Waals surface area contributed by atoms with Crippen molar-refractivity contribution in [1.82, 2.24) is 4.57 Å². The molecule has 0 aliphatic carbocycles. The van der Waals surface area contributed by atoms with Crippen molar-refractivity contribution >= 4 is 17.2 Å². The fourth-order valence-corrected chi connectivity index (χ4v) is 1.93. The van der Waals surface area contributed by atoms with Crippen LogP contribution >= 0.6 is 0 Å². The summed E-state index contributed by atoms with van der Waals surface area (Å²) in [4.78, 5) is 11.4. The number of nitrogens with two attached hydrogens (primary N) is 1. The highest BCUT2D eigenvalue weighted by Gasteiger charge is 2.08. The van der Waals surface area contributed by atoms with Crippen molar-refractivity contribution in [2.45, 2.75) is 32.2 Å². The molecule has 2 aromatic rings. The van der Waals surface area contributed by atoms with Gasteiger partial charge in [0.2, 0.25) is 0 Å². The Morgan fingerprint density at radius 3 is 2.84 bits per heavy atom. The van der Waals surface area contributed by atoms with E-state index in [0.29, 0.717) is 5.58 Å². The van der Waals surface area contributed by atoms with Crippen LogP contribution in [0.5, 0.6) is 0 Å². The number of rotatable bonds is 4. The van der Waals surface area contributed by atoms with Crippen molar-refractivity contribution in [2.24, 2.45) is 12.8 Å². The molecule has 1 heterocycles. The standard InChI is InChI=1S/C15H20N2O2/c1-15(2,16)9-5-4-6-11-7-8-12-13(10-11)19-14(18)17(12)3/h4,6-8,10H,5,9,16H2,1-3H3/b6-4+. The van der Waals surface area contributed by atoms with Gasteiger partial charge in [-0.25, -0.2) is 4.79 Å². The van der Waals surface area contributed by atoms with Crippen LogP contribution in [0, 0.1) is 0 Å². The van der Waals surface area contributed by atoms with Crippen molar-refractivity contribution in [2.75, 3.05) is 0 Å². The number of nitrogens with zero attached hydrogens (tertiary/aromatic N) is 1. The summed E-state index contributed by atoms with van der Waals surface area (Å²) in [6, 6.07) is 5.75. The lowest BCUT2D eigenvalue weighted by Gasteiger charge is -2.16. The largest absolute Gasteiger partial charge is 0.419 e. The number of aromatic nitrogens is 1. The van der Waals surface area contributed by atoms with E-state index in [1.54, 1.807) is 7.05 Å². The van der Waals surface area contributed by atoms with Gasteiger partial charge in [0.25, 0.3) is 0 Å². The van der Waals surface area contributed by atoms with Crippen LogP contribution in [0.4, 0.5) is 0 Å². The SMILES string of the molecule is Cn1c(=O)oc2cc(/C=C/CCC(C)(C)N)ccc21. The molecule has 1 aromatic heterocycles. The number of oxazole rings is 1. The minimum atomic E-state index is -0.332. The first-order chi connectivity index (χ1) is 8.87. The zero-order valence-corrected chi connectivity index (χ0v) is 11.6. The smallest absolute Gasteiger partial charge is 0.408 e. The molecule has 19 heavy (non-hydrogen) atoms. The van der Waals surface area contributed by atoms with E-state index in [9.17, 15) is 4.79 Å². The lowest BCUT2D eigenvalue weighted by Crippen LogP contribution is -2.31. The van der Waals surface area contributed by atoms with Crippen molar-refractivity contribution in [3.63, 3.8) is 0 Å². The molecule has 0 atom stereocenters. The van der Waals surface area contributed by atoms with E-state index in [4.69, 9.17) is 10.2 Å². The number of benzene rings is 1. The van der Waals surface area contributed by atoms with Crippen LogP contribution in [0.1, 0.15) is 32.3 Å². The highest BCUT2D eigenvalue weighted by molar-refractivity contribution is 5.76. The molecule has 4 heteroatoms. The van der Waals surface area contributed by atoms with Gasteiger partial charge in [0, 0.05) is 12.6 Å². The molecule has 0 aliphatic heterocycles. The summed E-state index contributed by atoms with van der Waals surface area (Å²) in [6.45, 7) is 4.04. The fraction of sp³-hybridized carbons (Fsp3) is 0.400. The molecule has 1 aromatic carbocycles. The first-order valence-electron chi connectivity index (χ1n) is 6.42. The summed E-state index contributed by atoms with van der Waals surface area (Å²) in [5.74, 6) is -0.332. The lowest BCUT2D eigenvalue weighted by molar-refractivity contribution is 0.482. The van der Waals surface area contributed by atoms with Gasteiger partial charge in [0.15, 0.2) is 5.58 Å². The average Bonchev–Trinajstić information content (AvgIpc) is 2.59. The Morgan fingerprint density at radius 1 is 1.42 bits per heavy atom. The van der Waals surface area contributed by atoms with E-state index < -0.39 is 0 Å². The van der Waals surface area contributed by atoms with Gasteiger partial charge >= 0.3 is 5.76 Å². The zero-order chi connectivity index (χ0) is 14.0. The van der Waals surface area contributed by atoms with Crippen LogP contribution < -0.4 is 11.5 Å². The van der Waals surface area contributed by atoms with E-state index in [-0.39, 0.29) is 11.3 Å². The first-order valence-corrected chi connectivity index (χ1v) is 6.42. The summed E-state index contributed by atoms with van der Waals surface area (Å²) in [7, 11) is 1.70. The molecule has 2 rings (SSSR count). The van der Waals surface area contributed by atoms with Crippen LogP contribution in [-0.4, -0.2) is 10.1 Å². The van der Waals surface area contributed by atoms with Gasteiger partial charge in [-0.15, -0.1) is 0 Å². The van der Waals surface area contributed by atoms with Crippen LogP contribution in [0.25, 0.3) is 17.2 Å². The Bertz CT molecular complexity index is 657. The Labute approximate surface area is 112 Å². The highest BCUT2D eigenvalue weighted by Crippen LogP contribution is 2.16. The van der Waals surface area contributed by atoms with E-state index >= 15 is 0 Å². The number of fused-ring (bicyclic) bond motifs is 1. The number of aryl methyl sites for hydroxylation is 1. The maximum atomic E-state index is 11.4. The van der Waals surface area contributed by atoms with Crippen LogP contribution in [0.2, 0.25) is 0 Å². The Kier molecular flexibility index (Phi) is 3.62. The monoisotopic (exact) mass is 260 g/mol. The van der Waals surface area contributed by atoms with Crippen molar-refractivity contribution in [3.8, 4) is 0 Å². The molecule has 2 N–H and O–H groups in total. The summed E-state index contributed by atoms with van der Waals surface area (Å²) in [5.41, 5.74) is 8.24. The van der Waals surface area contributed by atoms with Crippen LogP contribution in [0.3, 0.4) is 0 Å². The molecule has 0 amide bonds. The van der Waals surface area contributed by atoms with Crippen molar-refractivity contribution in [3.05, 3.63) is 40.4 Å². The summed E-state index contributed by atoms with van der Waals surface area (Å²) in [5, 5.41) is 0. The van der Waals surface area contributed by atoms with Gasteiger partial charge in [-0.1, -0.05) is 18.2 Å². The normalized spacial score (nSPS) is 12.6. The first kappa shape index (κ1) is 13.6. The number of hydrogen-bond donors (Lipinski definition) is 1. The predicted molar refractivity (Wildman–Crippen MR) is 78.0 cm³/mol. The van der Waals surface area contributed by atoms with Gasteiger partial charge < -0.3 is 10.2 Å². The third kappa shape index (κ3) is 3.35. The zero-order valence-electron chi connectivity index (χ0n) is 11.6. The second-order valence-electron chi connectivity index (χ2n) is 5.58. The van der Waals surface area contributed by atoms with Crippen LogP contribution in [0.15, 0.2) is 33.5 Å². The number of hydrogen-bond acceptors (Lipinski definition) is 3. The molecule has 0 unspecified atom stereocenters. The Morgan fingerprint density at radius 2 is 2.16 bits per heavy atom. The van der Waals surface area contributed by atoms with E-state index in [1.165, 1.54) is 4.57 Å². The predicted octanol–water partition coefficient (Wildman–Crippen LogP) is 2.66. The van der Waals surface area contributed by atoms with Crippen molar-refractivity contribution < 1.29 is 4.42 Å². The fourth-order valence-electron chi connectivity index (χ4n) is 1.93. The molecular formula is C15H20N2O2. The Hall–Kier alpha value is -1.81. The van der Waals surface area contributed by atoms with Crippen molar-refractivity contribution in [1.29, 1.82) is 0 Å². The molecule has 0 saturated heterocycles. The molecule has 4 nitrogen and oxygen atoms in total. The molecule has 0 aliphatic rings. The molecular weight excluding hydrogens is 240 g/mol.